The molecule has 1 heterocycles. The van der Waals surface area contributed by atoms with Crippen molar-refractivity contribution in [2.75, 3.05) is 45.6 Å². The number of nitrogens with zero attached hydrogens (tertiary/aromatic N) is 1. The third-order valence-electron chi connectivity index (χ3n) is 3.43. The Hall–Kier alpha value is -0.170. The predicted octanol–water partition coefficient (Wildman–Crippen LogP) is 0.920. The number of nitrogens with one attached hydrogen (secondary N) is 1. The van der Waals surface area contributed by atoms with E-state index in [4.69, 9.17) is 4.74 Å². The average Bonchev–Trinajstić information content (AvgIpc) is 2.34. The monoisotopic (exact) mass is 292 g/mol. The van der Waals surface area contributed by atoms with E-state index in [1.807, 2.05) is 13.8 Å². The zero-order valence-corrected chi connectivity index (χ0v) is 13.2. The van der Waals surface area contributed by atoms with Gasteiger partial charge in [0.05, 0.1) is 12.4 Å². The molecule has 0 aromatic carbocycles. The fraction of sp³-hybridized carbons (Fsp3) is 1.00. The number of piperidine rings is 1. The molecule has 0 spiro atoms. The molecule has 0 saturated carbocycles. The van der Waals surface area contributed by atoms with Gasteiger partial charge in [0.25, 0.3) is 0 Å². The summed E-state index contributed by atoms with van der Waals surface area (Å²) < 4.78 is 30.8. The van der Waals surface area contributed by atoms with Crippen molar-refractivity contribution < 1.29 is 13.2 Å². The molecule has 1 N–H and O–H groups in total. The Morgan fingerprint density at radius 1 is 1.32 bits per heavy atom. The van der Waals surface area contributed by atoms with E-state index in [1.165, 1.54) is 0 Å². The summed E-state index contributed by atoms with van der Waals surface area (Å²) in [6, 6.07) is 0. The Bertz CT molecular complexity index is 336. The molecule has 0 aromatic heterocycles. The van der Waals surface area contributed by atoms with Gasteiger partial charge in [-0.05, 0) is 31.2 Å². The summed E-state index contributed by atoms with van der Waals surface area (Å²) in [6.07, 6.45) is 1.91. The lowest BCUT2D eigenvalue weighted by Crippen LogP contribution is -2.42. The van der Waals surface area contributed by atoms with Crippen molar-refractivity contribution in [3.8, 4) is 0 Å². The highest BCUT2D eigenvalue weighted by Gasteiger charge is 2.28. The maximum Gasteiger partial charge on any atom is 0.214 e. The van der Waals surface area contributed by atoms with Gasteiger partial charge in [0.1, 0.15) is 0 Å². The molecule has 1 saturated heterocycles. The lowest BCUT2D eigenvalue weighted by atomic mass is 9.98. The van der Waals surface area contributed by atoms with Gasteiger partial charge in [0, 0.05) is 26.7 Å². The van der Waals surface area contributed by atoms with Gasteiger partial charge < -0.3 is 10.1 Å². The molecule has 0 unspecified atom stereocenters. The lowest BCUT2D eigenvalue weighted by Gasteiger charge is -2.31. The molecule has 0 radical (unpaired) electrons. The van der Waals surface area contributed by atoms with Crippen molar-refractivity contribution >= 4 is 10.0 Å². The van der Waals surface area contributed by atoms with E-state index < -0.39 is 10.0 Å². The fourth-order valence-electron chi connectivity index (χ4n) is 2.40. The summed E-state index contributed by atoms with van der Waals surface area (Å²) in [7, 11) is -1.35. The summed E-state index contributed by atoms with van der Waals surface area (Å²) in [6.45, 7) is 7.79. The zero-order valence-electron chi connectivity index (χ0n) is 12.4. The first-order valence-corrected chi connectivity index (χ1v) is 8.74. The number of ether oxygens (including phenoxy) is 1. The van der Waals surface area contributed by atoms with Gasteiger partial charge in [0.2, 0.25) is 10.0 Å². The molecule has 6 heteroatoms. The lowest BCUT2D eigenvalue weighted by molar-refractivity contribution is 0.194. The van der Waals surface area contributed by atoms with Crippen LogP contribution in [0.2, 0.25) is 0 Å². The maximum atomic E-state index is 12.1. The predicted molar refractivity (Wildman–Crippen MR) is 77.7 cm³/mol. The summed E-state index contributed by atoms with van der Waals surface area (Å²) in [5, 5.41) is 3.35. The Morgan fingerprint density at radius 3 is 2.47 bits per heavy atom. The Kier molecular flexibility index (Phi) is 7.28. The van der Waals surface area contributed by atoms with E-state index in [2.05, 4.69) is 5.32 Å². The second-order valence-corrected chi connectivity index (χ2v) is 7.73. The Morgan fingerprint density at radius 2 is 1.95 bits per heavy atom. The van der Waals surface area contributed by atoms with Crippen LogP contribution in [0.3, 0.4) is 0 Å². The molecule has 0 bridgehead atoms. The molecule has 5 nitrogen and oxygen atoms in total. The molecule has 1 fully saturated rings. The van der Waals surface area contributed by atoms with E-state index in [0.29, 0.717) is 19.0 Å². The van der Waals surface area contributed by atoms with E-state index in [1.54, 1.807) is 11.4 Å². The second kappa shape index (κ2) is 8.19. The molecule has 0 aromatic rings. The van der Waals surface area contributed by atoms with Crippen LogP contribution in [0.25, 0.3) is 0 Å². The maximum absolute atomic E-state index is 12.1. The minimum Gasteiger partial charge on any atom is -0.383 e. The van der Waals surface area contributed by atoms with Gasteiger partial charge in [-0.3, -0.25) is 0 Å². The van der Waals surface area contributed by atoms with Crippen molar-refractivity contribution in [2.24, 2.45) is 11.8 Å². The topological polar surface area (TPSA) is 58.6 Å². The number of sulfonamides is 1. The van der Waals surface area contributed by atoms with Crippen molar-refractivity contribution in [3.05, 3.63) is 0 Å². The third kappa shape index (κ3) is 6.21. The van der Waals surface area contributed by atoms with Gasteiger partial charge in [-0.2, -0.15) is 0 Å². The quantitative estimate of drug-likeness (QED) is 0.676. The summed E-state index contributed by atoms with van der Waals surface area (Å²) in [5.74, 6) is 1.05. The molecule has 0 amide bonds. The molecular weight excluding hydrogens is 264 g/mol. The number of methoxy groups -OCH3 is 1. The van der Waals surface area contributed by atoms with Crippen LogP contribution in [0.5, 0.6) is 0 Å². The van der Waals surface area contributed by atoms with Crippen LogP contribution in [0.4, 0.5) is 0 Å². The van der Waals surface area contributed by atoms with Crippen LogP contribution < -0.4 is 5.32 Å². The second-order valence-electron chi connectivity index (χ2n) is 5.71. The minimum atomic E-state index is -3.04. The van der Waals surface area contributed by atoms with E-state index in [-0.39, 0.29) is 11.7 Å². The van der Waals surface area contributed by atoms with Crippen LogP contribution in [-0.2, 0) is 14.8 Å². The Balaban J connectivity index is 2.28. The molecule has 1 rings (SSSR count). The van der Waals surface area contributed by atoms with Crippen LogP contribution in [0.1, 0.15) is 26.7 Å². The minimum absolute atomic E-state index is 0.193. The van der Waals surface area contributed by atoms with E-state index >= 15 is 0 Å². The standard InChI is InChI=1S/C13H28N2O3S/c1-12(2)11-19(16,17)15-7-4-13(5-8-15)10-14-6-9-18-3/h12-14H,4-11H2,1-3H3. The molecule has 0 aliphatic carbocycles. The zero-order chi connectivity index (χ0) is 14.3. The van der Waals surface area contributed by atoms with Gasteiger partial charge in [-0.15, -0.1) is 0 Å². The molecular formula is C13H28N2O3S. The fourth-order valence-corrected chi connectivity index (χ4v) is 4.22. The molecule has 1 aliphatic rings. The van der Waals surface area contributed by atoms with Gasteiger partial charge in [-0.1, -0.05) is 13.8 Å². The largest absolute Gasteiger partial charge is 0.383 e. The highest BCUT2D eigenvalue weighted by molar-refractivity contribution is 7.89. The molecule has 114 valence electrons. The van der Waals surface area contributed by atoms with Crippen molar-refractivity contribution in [1.82, 2.24) is 9.62 Å². The first-order chi connectivity index (χ1) is 8.95. The normalized spacial score (nSPS) is 19.2. The first kappa shape index (κ1) is 16.9. The van der Waals surface area contributed by atoms with Crippen LogP contribution in [0, 0.1) is 11.8 Å². The van der Waals surface area contributed by atoms with E-state index in [9.17, 15) is 8.42 Å². The highest BCUT2D eigenvalue weighted by Crippen LogP contribution is 2.20. The number of rotatable bonds is 8. The van der Waals surface area contributed by atoms with Crippen molar-refractivity contribution in [2.45, 2.75) is 26.7 Å². The van der Waals surface area contributed by atoms with Gasteiger partial charge >= 0.3 is 0 Å². The summed E-state index contributed by atoms with van der Waals surface area (Å²) in [4.78, 5) is 0. The van der Waals surface area contributed by atoms with Crippen molar-refractivity contribution in [3.63, 3.8) is 0 Å². The van der Waals surface area contributed by atoms with Crippen LogP contribution >= 0.6 is 0 Å². The Labute approximate surface area is 117 Å². The van der Waals surface area contributed by atoms with Gasteiger partial charge in [-0.25, -0.2) is 12.7 Å². The molecule has 19 heavy (non-hydrogen) atoms. The molecule has 0 atom stereocenters. The molecule has 1 aliphatic heterocycles. The average molecular weight is 292 g/mol. The van der Waals surface area contributed by atoms with Gasteiger partial charge in [0.15, 0.2) is 0 Å². The first-order valence-electron chi connectivity index (χ1n) is 7.13. The van der Waals surface area contributed by atoms with Crippen molar-refractivity contribution in [1.29, 1.82) is 0 Å². The third-order valence-corrected chi connectivity index (χ3v) is 5.67. The van der Waals surface area contributed by atoms with E-state index in [0.717, 1.165) is 32.5 Å². The van der Waals surface area contributed by atoms with Crippen LogP contribution in [0.15, 0.2) is 0 Å². The number of hydrogen-bond acceptors (Lipinski definition) is 4. The van der Waals surface area contributed by atoms with Crippen LogP contribution in [-0.4, -0.2) is 58.4 Å². The SMILES string of the molecule is COCCNCC1CCN(S(=O)(=O)CC(C)C)CC1. The summed E-state index contributed by atoms with van der Waals surface area (Å²) in [5.41, 5.74) is 0. The highest BCUT2D eigenvalue weighted by atomic mass is 32.2. The smallest absolute Gasteiger partial charge is 0.214 e. The number of hydrogen-bond donors (Lipinski definition) is 1. The summed E-state index contributed by atoms with van der Waals surface area (Å²) >= 11 is 0.